The first-order chi connectivity index (χ1) is 17.1. The van der Waals surface area contributed by atoms with Gasteiger partial charge < -0.3 is 29.3 Å². The van der Waals surface area contributed by atoms with Crippen LogP contribution in [0.1, 0.15) is 150 Å². The first-order valence-corrected chi connectivity index (χ1v) is 15.7. The van der Waals surface area contributed by atoms with E-state index in [4.69, 9.17) is 24.4 Å². The predicted octanol–water partition coefficient (Wildman–Crippen LogP) is 7.66. The van der Waals surface area contributed by atoms with Crippen LogP contribution in [0.25, 0.3) is 0 Å². The molecule has 222 valence electrons. The number of aliphatic hydroxyl groups excluding tert-OH is 3. The van der Waals surface area contributed by atoms with Crippen LogP contribution in [0.2, 0.25) is 0 Å². The third-order valence-corrected chi connectivity index (χ3v) is 5.71. The van der Waals surface area contributed by atoms with Gasteiger partial charge in [0.25, 0.3) is 0 Å². The summed E-state index contributed by atoms with van der Waals surface area (Å²) < 4.78 is 10.4. The van der Waals surface area contributed by atoms with Crippen molar-refractivity contribution in [3.05, 3.63) is 0 Å². The van der Waals surface area contributed by atoms with Crippen LogP contribution in [-0.2, 0) is 30.8 Å². The van der Waals surface area contributed by atoms with E-state index in [1.54, 1.807) is 0 Å². The molecule has 0 aromatic heterocycles. The Morgan fingerprint density at radius 3 is 0.917 bits per heavy atom. The maximum Gasteiger partial charge on any atom is 0.0828 e. The summed E-state index contributed by atoms with van der Waals surface area (Å²) >= 11 is 0. The summed E-state index contributed by atoms with van der Waals surface area (Å²) in [5.41, 5.74) is 0. The van der Waals surface area contributed by atoms with E-state index in [1.165, 1.54) is 64.2 Å². The third kappa shape index (κ3) is 64.7. The van der Waals surface area contributed by atoms with E-state index in [0.717, 1.165) is 51.4 Å². The zero-order valence-electron chi connectivity index (χ0n) is 24.8. The van der Waals surface area contributed by atoms with Gasteiger partial charge in [-0.2, -0.15) is 0 Å². The van der Waals surface area contributed by atoms with Crippen LogP contribution in [0.5, 0.6) is 0 Å². The third-order valence-electron chi connectivity index (χ3n) is 4.92. The van der Waals surface area contributed by atoms with E-state index in [0.29, 0.717) is 33.0 Å². The number of aliphatic hydroxyl groups is 3. The van der Waals surface area contributed by atoms with Gasteiger partial charge in [0.05, 0.1) is 21.8 Å². The van der Waals surface area contributed by atoms with Crippen LogP contribution in [0.4, 0.5) is 0 Å². The molecule has 0 spiro atoms. The van der Waals surface area contributed by atoms with Crippen molar-refractivity contribution >= 4 is 8.60 Å². The first-order valence-electron chi connectivity index (χ1n) is 14.6. The Hall–Kier alpha value is 0.904. The molecule has 0 radical (unpaired) electrons. The first kappa shape index (κ1) is 46.7. The van der Waals surface area contributed by atoms with E-state index in [2.05, 4.69) is 34.6 Å². The quantitative estimate of drug-likeness (QED) is 0.0696. The molecule has 0 atom stereocenters. The van der Waals surface area contributed by atoms with Crippen molar-refractivity contribution in [1.82, 2.24) is 0 Å². The molecule has 0 fully saturated rings. The van der Waals surface area contributed by atoms with E-state index in [9.17, 15) is 4.89 Å². The maximum atomic E-state index is 11.4. The molecule has 0 rings (SSSR count). The Bertz CT molecular complexity index is 267. The Labute approximate surface area is 242 Å². The Morgan fingerprint density at radius 2 is 0.694 bits per heavy atom. The monoisotopic (exact) mass is 575 g/mol. The molecule has 0 unspecified atom stereocenters. The Kier molecular flexibility index (Phi) is 68.0. The summed E-state index contributed by atoms with van der Waals surface area (Å²) in [7, 11) is -1.89. The molecule has 0 heterocycles. The molecule has 36 heavy (non-hydrogen) atoms. The number of hydrogen-bond acceptors (Lipinski definition) is 6. The second kappa shape index (κ2) is 52.4. The molecule has 8 heteroatoms. The molecular formula is C28H64O6PTi-. The smallest absolute Gasteiger partial charge is 0.0828 e. The molecular weight excluding hydrogens is 511 g/mol. The summed E-state index contributed by atoms with van der Waals surface area (Å²) in [6.45, 7) is 12.8. The average Bonchev–Trinajstić information content (AvgIpc) is 2.85. The number of unbranched alkanes of at least 4 members (excludes halogenated alkanes) is 13. The van der Waals surface area contributed by atoms with Crippen LogP contribution < -0.4 is 4.89 Å². The maximum absolute atomic E-state index is 11.4. The van der Waals surface area contributed by atoms with Crippen LogP contribution in [0.15, 0.2) is 0 Å². The van der Waals surface area contributed by atoms with Gasteiger partial charge in [0.15, 0.2) is 0 Å². The fraction of sp³-hybridized carbons (Fsp3) is 1.00. The van der Waals surface area contributed by atoms with Gasteiger partial charge in [-0.3, -0.25) is 0 Å². The predicted molar refractivity (Wildman–Crippen MR) is 152 cm³/mol. The summed E-state index contributed by atoms with van der Waals surface area (Å²) in [6.07, 6.45) is 20.7. The molecule has 0 bridgehead atoms. The van der Waals surface area contributed by atoms with Gasteiger partial charge in [-0.25, -0.2) is 0 Å². The summed E-state index contributed by atoms with van der Waals surface area (Å²) in [4.78, 5) is 11.4. The van der Waals surface area contributed by atoms with E-state index in [1.807, 2.05) is 0 Å². The summed E-state index contributed by atoms with van der Waals surface area (Å²) in [5.74, 6) is 0. The summed E-state index contributed by atoms with van der Waals surface area (Å²) in [6, 6.07) is 0. The van der Waals surface area contributed by atoms with Crippen LogP contribution in [0.3, 0.4) is 0 Å². The molecule has 3 N–H and O–H groups in total. The molecule has 0 saturated heterocycles. The molecule has 0 aromatic carbocycles. The Morgan fingerprint density at radius 1 is 0.444 bits per heavy atom. The van der Waals surface area contributed by atoms with Gasteiger partial charge >= 0.3 is 0 Å². The standard InChI is InChI=1S/C16H34O3P.3C4H10O.Ti/c1-3-5-7-9-11-13-15-18-20(17)19-16-14-12-10-8-6-4-2;3*1-2-3-4-5;/h3-16H2,1-2H3;3*5H,2-4H2,1H3;/q-1;;;;. The van der Waals surface area contributed by atoms with Gasteiger partial charge in [-0.15, -0.1) is 0 Å². The normalized spacial score (nSPS) is 9.83. The van der Waals surface area contributed by atoms with Crippen molar-refractivity contribution in [1.29, 1.82) is 0 Å². The number of hydrogen-bond donors (Lipinski definition) is 3. The van der Waals surface area contributed by atoms with Gasteiger partial charge in [0, 0.05) is 41.5 Å². The van der Waals surface area contributed by atoms with E-state index >= 15 is 0 Å². The van der Waals surface area contributed by atoms with Crippen molar-refractivity contribution in [2.45, 2.75) is 150 Å². The van der Waals surface area contributed by atoms with Crippen LogP contribution in [0, 0.1) is 0 Å². The summed E-state index contributed by atoms with van der Waals surface area (Å²) in [5, 5.41) is 24.2. The van der Waals surface area contributed by atoms with Gasteiger partial charge in [-0.05, 0) is 32.1 Å². The minimum atomic E-state index is -1.89. The molecule has 0 aromatic rings. The molecule has 0 aliphatic heterocycles. The van der Waals surface area contributed by atoms with E-state index < -0.39 is 8.60 Å². The topological polar surface area (TPSA) is 102 Å². The Balaban J connectivity index is -0.000000163. The SMILES string of the molecule is CCCCCCCCOP([O-])OCCCCCCCC.CCCCO.CCCCO.CCCCO.[Ti]. The van der Waals surface area contributed by atoms with Crippen molar-refractivity contribution in [3.8, 4) is 0 Å². The molecule has 0 saturated carbocycles. The molecule has 6 nitrogen and oxygen atoms in total. The molecule has 0 amide bonds. The minimum absolute atomic E-state index is 0. The molecule has 0 aliphatic rings. The van der Waals surface area contributed by atoms with Crippen LogP contribution >= 0.6 is 8.60 Å². The van der Waals surface area contributed by atoms with Crippen molar-refractivity contribution < 1.29 is 51.0 Å². The van der Waals surface area contributed by atoms with Gasteiger partial charge in [-0.1, -0.05) is 118 Å². The van der Waals surface area contributed by atoms with Gasteiger partial charge in [0.2, 0.25) is 0 Å². The van der Waals surface area contributed by atoms with E-state index in [-0.39, 0.29) is 21.7 Å². The van der Waals surface area contributed by atoms with Gasteiger partial charge in [0.1, 0.15) is 0 Å². The largest absolute Gasteiger partial charge is 0.786 e. The second-order valence-electron chi connectivity index (χ2n) is 8.66. The fourth-order valence-corrected chi connectivity index (χ4v) is 3.19. The zero-order valence-corrected chi connectivity index (χ0v) is 27.2. The van der Waals surface area contributed by atoms with Crippen molar-refractivity contribution in [3.63, 3.8) is 0 Å². The zero-order chi connectivity index (χ0) is 27.3. The van der Waals surface area contributed by atoms with Crippen LogP contribution in [-0.4, -0.2) is 48.4 Å². The second-order valence-corrected chi connectivity index (χ2v) is 9.62. The van der Waals surface area contributed by atoms with Crippen molar-refractivity contribution in [2.24, 2.45) is 0 Å². The number of rotatable bonds is 22. The average molecular weight is 576 g/mol. The minimum Gasteiger partial charge on any atom is -0.786 e. The van der Waals surface area contributed by atoms with Crippen molar-refractivity contribution in [2.75, 3.05) is 33.0 Å². The molecule has 0 aliphatic carbocycles. The fourth-order valence-electron chi connectivity index (χ4n) is 2.55.